The predicted molar refractivity (Wildman–Crippen MR) is 113 cm³/mol. The van der Waals surface area contributed by atoms with Gasteiger partial charge in [0.25, 0.3) is 0 Å². The summed E-state index contributed by atoms with van der Waals surface area (Å²) >= 11 is 0. The summed E-state index contributed by atoms with van der Waals surface area (Å²) in [7, 11) is 0. The maximum absolute atomic E-state index is 12.3. The van der Waals surface area contributed by atoms with Gasteiger partial charge in [-0.3, -0.25) is 19.2 Å². The van der Waals surface area contributed by atoms with Crippen molar-refractivity contribution in [2.75, 3.05) is 0 Å². The van der Waals surface area contributed by atoms with Gasteiger partial charge in [-0.1, -0.05) is 0 Å². The molecule has 1 aromatic rings. The minimum absolute atomic E-state index is 0.0300. The topological polar surface area (TPSA) is 161 Å². The number of aliphatic carboxylic acids is 2. The Labute approximate surface area is 195 Å². The molecule has 0 radical (unpaired) electrons. The van der Waals surface area contributed by atoms with Gasteiger partial charge < -0.3 is 19.7 Å². The van der Waals surface area contributed by atoms with E-state index in [2.05, 4.69) is 0 Å². The largest absolute Gasteiger partial charge is 0.481 e. The van der Waals surface area contributed by atoms with E-state index in [9.17, 15) is 28.8 Å². The molecule has 2 fully saturated rings. The number of hydrogen-bond donors (Lipinski definition) is 2. The molecule has 0 atom stereocenters. The fourth-order valence-corrected chi connectivity index (χ4v) is 4.36. The van der Waals surface area contributed by atoms with Crippen LogP contribution in [-0.2, 0) is 28.7 Å². The normalized spacial score (nSPS) is 24.5. The van der Waals surface area contributed by atoms with Crippen LogP contribution < -0.4 is 0 Å². The van der Waals surface area contributed by atoms with Crippen LogP contribution in [0.3, 0.4) is 0 Å². The van der Waals surface area contributed by atoms with Crippen LogP contribution in [0.5, 0.6) is 0 Å². The van der Waals surface area contributed by atoms with E-state index < -0.39 is 59.5 Å². The molecule has 0 unspecified atom stereocenters. The van der Waals surface area contributed by atoms with Crippen LogP contribution in [0.15, 0.2) is 24.3 Å². The van der Waals surface area contributed by atoms with Crippen molar-refractivity contribution in [2.24, 2.45) is 23.7 Å². The maximum atomic E-state index is 12.3. The molecule has 10 nitrogen and oxygen atoms in total. The lowest BCUT2D eigenvalue weighted by Crippen LogP contribution is -2.28. The zero-order valence-electron chi connectivity index (χ0n) is 18.4. The van der Waals surface area contributed by atoms with E-state index in [1.165, 1.54) is 24.3 Å². The minimum atomic E-state index is -0.895. The van der Waals surface area contributed by atoms with Crippen LogP contribution in [0.1, 0.15) is 72.1 Å². The molecule has 0 heterocycles. The van der Waals surface area contributed by atoms with Crippen molar-refractivity contribution in [3.63, 3.8) is 0 Å². The third kappa shape index (κ3) is 6.27. The zero-order valence-corrected chi connectivity index (χ0v) is 18.4. The van der Waals surface area contributed by atoms with Crippen molar-refractivity contribution in [3.8, 4) is 0 Å². The number of benzene rings is 1. The molecule has 1 aromatic carbocycles. The smallest absolute Gasteiger partial charge is 0.345 e. The van der Waals surface area contributed by atoms with Gasteiger partial charge in [-0.05, 0) is 75.6 Å². The molecule has 0 aromatic heterocycles. The van der Waals surface area contributed by atoms with E-state index >= 15 is 0 Å². The molecule has 3 rings (SSSR count). The van der Waals surface area contributed by atoms with Crippen LogP contribution in [0, 0.1) is 23.7 Å². The van der Waals surface area contributed by atoms with Crippen molar-refractivity contribution in [3.05, 3.63) is 35.4 Å². The first-order valence-electron chi connectivity index (χ1n) is 11.2. The molecule has 34 heavy (non-hydrogen) atoms. The molecule has 2 aliphatic carbocycles. The molecule has 2 N–H and O–H groups in total. The second-order valence-corrected chi connectivity index (χ2v) is 8.77. The van der Waals surface area contributed by atoms with Crippen LogP contribution in [-0.4, -0.2) is 46.0 Å². The fraction of sp³-hybridized carbons (Fsp3) is 0.500. The molecule has 0 bridgehead atoms. The second kappa shape index (κ2) is 11.0. The van der Waals surface area contributed by atoms with Gasteiger partial charge >= 0.3 is 35.8 Å². The maximum Gasteiger partial charge on any atom is 0.345 e. The van der Waals surface area contributed by atoms with Gasteiger partial charge in [-0.15, -0.1) is 0 Å². The highest BCUT2D eigenvalue weighted by Crippen LogP contribution is 2.31. The Morgan fingerprint density at radius 3 is 1.06 bits per heavy atom. The second-order valence-electron chi connectivity index (χ2n) is 8.77. The van der Waals surface area contributed by atoms with E-state index in [4.69, 9.17) is 19.7 Å². The van der Waals surface area contributed by atoms with Gasteiger partial charge in [0.2, 0.25) is 0 Å². The van der Waals surface area contributed by atoms with E-state index in [1.54, 1.807) is 0 Å². The van der Waals surface area contributed by atoms with E-state index in [-0.39, 0.29) is 11.1 Å². The Bertz CT molecular complexity index is 885. The number of rotatable bonds is 6. The van der Waals surface area contributed by atoms with Crippen molar-refractivity contribution >= 4 is 35.8 Å². The lowest BCUT2D eigenvalue weighted by molar-refractivity contribution is -0.148. The van der Waals surface area contributed by atoms with Gasteiger partial charge in [-0.25, -0.2) is 9.59 Å². The molecular formula is C24H26O10. The summed E-state index contributed by atoms with van der Waals surface area (Å²) < 4.78 is 9.81. The summed E-state index contributed by atoms with van der Waals surface area (Å²) in [6.07, 6.45) is 2.72. The number of carboxylic acids is 2. The average Bonchev–Trinajstić information content (AvgIpc) is 2.84. The van der Waals surface area contributed by atoms with Crippen LogP contribution in [0.4, 0.5) is 0 Å². The molecule has 0 saturated heterocycles. The van der Waals surface area contributed by atoms with Gasteiger partial charge in [-0.2, -0.15) is 0 Å². The Morgan fingerprint density at radius 2 is 0.794 bits per heavy atom. The highest BCUT2D eigenvalue weighted by atomic mass is 16.6. The Hall–Kier alpha value is -3.56. The molecule has 10 heteroatoms. The molecule has 2 saturated carbocycles. The average molecular weight is 474 g/mol. The summed E-state index contributed by atoms with van der Waals surface area (Å²) in [5.74, 6) is -7.04. The number of hydrogen-bond acceptors (Lipinski definition) is 8. The van der Waals surface area contributed by atoms with Crippen molar-refractivity contribution in [1.82, 2.24) is 0 Å². The first kappa shape index (κ1) is 25.1. The highest BCUT2D eigenvalue weighted by Gasteiger charge is 2.33. The third-order valence-electron chi connectivity index (χ3n) is 6.56. The Balaban J connectivity index is 1.48. The van der Waals surface area contributed by atoms with Gasteiger partial charge in [0, 0.05) is 0 Å². The minimum Gasteiger partial charge on any atom is -0.481 e. The summed E-state index contributed by atoms with van der Waals surface area (Å²) in [5.41, 5.74) is 0.0601. The first-order valence-corrected chi connectivity index (χ1v) is 11.2. The Morgan fingerprint density at radius 1 is 0.529 bits per heavy atom. The highest BCUT2D eigenvalue weighted by molar-refractivity contribution is 6.00. The summed E-state index contributed by atoms with van der Waals surface area (Å²) in [5, 5.41) is 18.0. The van der Waals surface area contributed by atoms with Crippen LogP contribution in [0.2, 0.25) is 0 Å². The quantitative estimate of drug-likeness (QED) is 0.463. The zero-order chi connectivity index (χ0) is 24.8. The van der Waals surface area contributed by atoms with E-state index in [1.807, 2.05) is 0 Å². The molecular weight excluding hydrogens is 448 g/mol. The van der Waals surface area contributed by atoms with E-state index in [0.717, 1.165) is 0 Å². The van der Waals surface area contributed by atoms with Gasteiger partial charge in [0.15, 0.2) is 0 Å². The van der Waals surface area contributed by atoms with Gasteiger partial charge in [0.05, 0.1) is 34.8 Å². The van der Waals surface area contributed by atoms with Crippen LogP contribution >= 0.6 is 0 Å². The fourth-order valence-electron chi connectivity index (χ4n) is 4.36. The number of esters is 4. The molecule has 0 spiro atoms. The number of carboxylic acid groups (broad SMARTS) is 2. The van der Waals surface area contributed by atoms with E-state index in [0.29, 0.717) is 51.4 Å². The van der Waals surface area contributed by atoms with Crippen molar-refractivity contribution in [1.29, 1.82) is 0 Å². The molecule has 0 amide bonds. The summed E-state index contributed by atoms with van der Waals surface area (Å²) in [6.45, 7) is 0. The first-order chi connectivity index (χ1) is 16.2. The lowest BCUT2D eigenvalue weighted by Gasteiger charge is -2.24. The lowest BCUT2D eigenvalue weighted by atomic mass is 9.82. The molecule has 0 aliphatic heterocycles. The molecule has 182 valence electrons. The van der Waals surface area contributed by atoms with Crippen molar-refractivity contribution in [2.45, 2.75) is 51.4 Å². The predicted octanol–water partition coefficient (Wildman–Crippen LogP) is 2.84. The summed E-state index contributed by atoms with van der Waals surface area (Å²) in [4.78, 5) is 71.0. The van der Waals surface area contributed by atoms with Crippen LogP contribution in [0.25, 0.3) is 0 Å². The summed E-state index contributed by atoms with van der Waals surface area (Å²) in [6, 6.07) is 5.10. The number of carbonyl (C=O) groups is 6. The molecule has 2 aliphatic rings. The monoisotopic (exact) mass is 474 g/mol. The number of ether oxygens (including phenoxy) is 2. The van der Waals surface area contributed by atoms with Crippen molar-refractivity contribution < 1.29 is 48.5 Å². The SMILES string of the molecule is O=C(OC(=O)C1CCC(C(=O)O)CC1)c1ccc(C(=O)OC(=O)C2CCC(C(=O)O)CC2)cc1. The Kier molecular flexibility index (Phi) is 8.14. The third-order valence-corrected chi connectivity index (χ3v) is 6.56. The van der Waals surface area contributed by atoms with Gasteiger partial charge in [0.1, 0.15) is 0 Å². The standard InChI is InChI=1S/C24H26O10/c25-19(26)13-1-5-15(6-2-13)21(29)33-23(31)17-9-11-18(12-10-17)24(32)34-22(30)16-7-3-14(4-8-16)20(27)28/h9-16H,1-8H2,(H,25,26)(H,27,28). The number of carbonyl (C=O) groups excluding carboxylic acids is 4.